The zero-order chi connectivity index (χ0) is 18.8. The van der Waals surface area contributed by atoms with Crippen LogP contribution in [0.15, 0.2) is 47.6 Å². The first-order valence-corrected chi connectivity index (χ1v) is 8.51. The summed E-state index contributed by atoms with van der Waals surface area (Å²) < 4.78 is 10.9. The van der Waals surface area contributed by atoms with Crippen molar-refractivity contribution < 1.29 is 19.1 Å². The second-order valence-corrected chi connectivity index (χ2v) is 5.76. The Morgan fingerprint density at radius 3 is 2.65 bits per heavy atom. The van der Waals surface area contributed by atoms with Crippen LogP contribution in [0.25, 0.3) is 0 Å². The molecule has 0 aliphatic carbocycles. The molecule has 0 saturated heterocycles. The van der Waals surface area contributed by atoms with E-state index in [1.807, 2.05) is 19.1 Å². The number of carbonyl (C=O) groups is 1. The molecule has 0 fully saturated rings. The van der Waals surface area contributed by atoms with E-state index in [4.69, 9.17) is 25.9 Å². The molecule has 0 radical (unpaired) electrons. The SMILES string of the molecule is CCCOc1ccc(C=NOCC(=O)Nc2ccc(Cl)cc2)cc1OC. The fraction of sp³-hybridized carbons (Fsp3) is 0.263. The number of amides is 1. The van der Waals surface area contributed by atoms with Crippen LogP contribution in [0, 0.1) is 0 Å². The molecule has 2 aromatic carbocycles. The van der Waals surface area contributed by atoms with Crippen LogP contribution in [0.3, 0.4) is 0 Å². The van der Waals surface area contributed by atoms with Gasteiger partial charge in [0.05, 0.1) is 19.9 Å². The number of carbonyl (C=O) groups excluding carboxylic acids is 1. The van der Waals surface area contributed by atoms with Crippen molar-refractivity contribution in [3.05, 3.63) is 53.1 Å². The minimum Gasteiger partial charge on any atom is -0.493 e. The van der Waals surface area contributed by atoms with Crippen molar-refractivity contribution in [3.8, 4) is 11.5 Å². The Bertz CT molecular complexity index is 748. The third-order valence-electron chi connectivity index (χ3n) is 3.25. The first-order chi connectivity index (χ1) is 12.6. The molecule has 0 aromatic heterocycles. The highest BCUT2D eigenvalue weighted by Gasteiger charge is 2.05. The van der Waals surface area contributed by atoms with E-state index in [1.165, 1.54) is 6.21 Å². The zero-order valence-corrected chi connectivity index (χ0v) is 15.5. The number of hydrogen-bond acceptors (Lipinski definition) is 5. The molecule has 26 heavy (non-hydrogen) atoms. The van der Waals surface area contributed by atoms with Gasteiger partial charge in [0.15, 0.2) is 18.1 Å². The number of oxime groups is 1. The highest BCUT2D eigenvalue weighted by Crippen LogP contribution is 2.27. The Kier molecular flexibility index (Phi) is 7.76. The molecule has 2 aromatic rings. The summed E-state index contributed by atoms with van der Waals surface area (Å²) in [4.78, 5) is 16.8. The van der Waals surface area contributed by atoms with E-state index < -0.39 is 0 Å². The van der Waals surface area contributed by atoms with E-state index >= 15 is 0 Å². The lowest BCUT2D eigenvalue weighted by molar-refractivity contribution is -0.120. The molecule has 0 bridgehead atoms. The van der Waals surface area contributed by atoms with Crippen molar-refractivity contribution >= 4 is 29.4 Å². The molecule has 0 aliphatic rings. The van der Waals surface area contributed by atoms with E-state index in [1.54, 1.807) is 37.4 Å². The molecule has 2 rings (SSSR count). The second kappa shape index (κ2) is 10.3. The summed E-state index contributed by atoms with van der Waals surface area (Å²) >= 11 is 5.79. The van der Waals surface area contributed by atoms with Crippen molar-refractivity contribution in [3.63, 3.8) is 0 Å². The van der Waals surface area contributed by atoms with Crippen molar-refractivity contribution in [2.45, 2.75) is 13.3 Å². The van der Waals surface area contributed by atoms with Gasteiger partial charge < -0.3 is 19.6 Å². The summed E-state index contributed by atoms with van der Waals surface area (Å²) in [6.07, 6.45) is 2.42. The standard InChI is InChI=1S/C19H21ClN2O4/c1-3-10-25-17-9-4-14(11-18(17)24-2)12-21-26-13-19(23)22-16-7-5-15(20)6-8-16/h4-9,11-12H,3,10,13H2,1-2H3,(H,22,23). The topological polar surface area (TPSA) is 69.2 Å². The van der Waals surface area contributed by atoms with Crippen molar-refractivity contribution in [1.82, 2.24) is 0 Å². The van der Waals surface area contributed by atoms with Gasteiger partial charge in [0.2, 0.25) is 0 Å². The highest BCUT2D eigenvalue weighted by atomic mass is 35.5. The quantitative estimate of drug-likeness (QED) is 0.527. The number of halogens is 1. The monoisotopic (exact) mass is 376 g/mol. The number of methoxy groups -OCH3 is 1. The first kappa shape index (κ1) is 19.6. The number of hydrogen-bond donors (Lipinski definition) is 1. The number of nitrogens with zero attached hydrogens (tertiary/aromatic N) is 1. The zero-order valence-electron chi connectivity index (χ0n) is 14.7. The van der Waals surface area contributed by atoms with Crippen molar-refractivity contribution in [2.75, 3.05) is 25.6 Å². The molecule has 1 N–H and O–H groups in total. The Balaban J connectivity index is 1.83. The van der Waals surface area contributed by atoms with Crippen LogP contribution in [-0.4, -0.2) is 32.4 Å². The van der Waals surface area contributed by atoms with Gasteiger partial charge >= 0.3 is 0 Å². The lowest BCUT2D eigenvalue weighted by Crippen LogP contribution is -2.16. The van der Waals surface area contributed by atoms with E-state index in [0.29, 0.717) is 28.8 Å². The van der Waals surface area contributed by atoms with Crippen molar-refractivity contribution in [2.24, 2.45) is 5.16 Å². The van der Waals surface area contributed by atoms with Gasteiger partial charge in [-0.2, -0.15) is 0 Å². The van der Waals surface area contributed by atoms with Crippen LogP contribution in [0.1, 0.15) is 18.9 Å². The van der Waals surface area contributed by atoms with Crippen LogP contribution in [-0.2, 0) is 9.63 Å². The van der Waals surface area contributed by atoms with E-state index in [-0.39, 0.29) is 12.5 Å². The molecule has 6 nitrogen and oxygen atoms in total. The molecule has 0 unspecified atom stereocenters. The molecule has 0 saturated carbocycles. The molecule has 1 amide bonds. The molecule has 7 heteroatoms. The van der Waals surface area contributed by atoms with Crippen LogP contribution in [0.2, 0.25) is 5.02 Å². The fourth-order valence-corrected chi connectivity index (χ4v) is 2.15. The van der Waals surface area contributed by atoms with Gasteiger partial charge in [0, 0.05) is 16.3 Å². The molecule has 138 valence electrons. The Morgan fingerprint density at radius 1 is 1.19 bits per heavy atom. The van der Waals surface area contributed by atoms with Gasteiger partial charge in [-0.1, -0.05) is 23.7 Å². The number of ether oxygens (including phenoxy) is 2. The molecule has 0 heterocycles. The van der Waals surface area contributed by atoms with Crippen LogP contribution >= 0.6 is 11.6 Å². The Labute approximate surface area is 157 Å². The number of anilines is 1. The largest absolute Gasteiger partial charge is 0.493 e. The Hall–Kier alpha value is -2.73. The molecule has 0 atom stereocenters. The van der Waals surface area contributed by atoms with Crippen molar-refractivity contribution in [1.29, 1.82) is 0 Å². The molecular formula is C19H21ClN2O4. The second-order valence-electron chi connectivity index (χ2n) is 5.32. The fourth-order valence-electron chi connectivity index (χ4n) is 2.02. The van der Waals surface area contributed by atoms with Crippen LogP contribution in [0.4, 0.5) is 5.69 Å². The van der Waals surface area contributed by atoms with Gasteiger partial charge in [-0.15, -0.1) is 0 Å². The predicted octanol–water partition coefficient (Wildman–Crippen LogP) is 4.13. The minimum atomic E-state index is -0.314. The summed E-state index contributed by atoms with van der Waals surface area (Å²) in [7, 11) is 1.58. The summed E-state index contributed by atoms with van der Waals surface area (Å²) in [5.74, 6) is 0.975. The number of nitrogens with one attached hydrogen (secondary N) is 1. The maximum atomic E-state index is 11.8. The number of rotatable bonds is 9. The van der Waals surface area contributed by atoms with E-state index in [9.17, 15) is 4.79 Å². The minimum absolute atomic E-state index is 0.200. The maximum Gasteiger partial charge on any atom is 0.265 e. The highest BCUT2D eigenvalue weighted by molar-refractivity contribution is 6.30. The lowest BCUT2D eigenvalue weighted by atomic mass is 10.2. The van der Waals surface area contributed by atoms with Gasteiger partial charge in [0.1, 0.15) is 0 Å². The molecule has 0 spiro atoms. The smallest absolute Gasteiger partial charge is 0.265 e. The Morgan fingerprint density at radius 2 is 1.96 bits per heavy atom. The van der Waals surface area contributed by atoms with E-state index in [2.05, 4.69) is 10.5 Å². The average molecular weight is 377 g/mol. The third kappa shape index (κ3) is 6.29. The summed E-state index contributed by atoms with van der Waals surface area (Å²) in [5.41, 5.74) is 1.41. The van der Waals surface area contributed by atoms with Gasteiger partial charge in [-0.25, -0.2) is 0 Å². The predicted molar refractivity (Wildman–Crippen MR) is 102 cm³/mol. The van der Waals surface area contributed by atoms with E-state index in [0.717, 1.165) is 12.0 Å². The van der Waals surface area contributed by atoms with Crippen LogP contribution < -0.4 is 14.8 Å². The normalized spacial score (nSPS) is 10.6. The maximum absolute atomic E-state index is 11.8. The molecular weight excluding hydrogens is 356 g/mol. The summed E-state index contributed by atoms with van der Waals surface area (Å²) in [6.45, 7) is 2.46. The summed E-state index contributed by atoms with van der Waals surface area (Å²) in [5, 5.41) is 7.08. The van der Waals surface area contributed by atoms with Gasteiger partial charge in [0.25, 0.3) is 5.91 Å². The van der Waals surface area contributed by atoms with Crippen LogP contribution in [0.5, 0.6) is 11.5 Å². The number of benzene rings is 2. The molecule has 0 aliphatic heterocycles. The first-order valence-electron chi connectivity index (χ1n) is 8.14. The van der Waals surface area contributed by atoms with Gasteiger partial charge in [-0.3, -0.25) is 4.79 Å². The lowest BCUT2D eigenvalue weighted by Gasteiger charge is -2.10. The third-order valence-corrected chi connectivity index (χ3v) is 3.50. The average Bonchev–Trinajstić information content (AvgIpc) is 2.65. The summed E-state index contributed by atoms with van der Waals surface area (Å²) in [6, 6.07) is 12.2. The van der Waals surface area contributed by atoms with Gasteiger partial charge in [-0.05, 0) is 48.9 Å².